The third-order valence-electron chi connectivity index (χ3n) is 10.5. The molecular weight excluding hydrogens is 398 g/mol. The van der Waals surface area contributed by atoms with Gasteiger partial charge in [-0.25, -0.2) is 0 Å². The van der Waals surface area contributed by atoms with E-state index in [0.29, 0.717) is 36.6 Å². The number of rotatable bonds is 5. The van der Waals surface area contributed by atoms with Crippen molar-refractivity contribution in [2.45, 2.75) is 90.3 Å². The summed E-state index contributed by atoms with van der Waals surface area (Å²) in [4.78, 5) is 14.8. The van der Waals surface area contributed by atoms with Crippen LogP contribution in [0.2, 0.25) is 0 Å². The fourth-order valence-electron chi connectivity index (χ4n) is 8.58. The van der Waals surface area contributed by atoms with Crippen molar-refractivity contribution in [3.05, 3.63) is 0 Å². The van der Waals surface area contributed by atoms with Crippen molar-refractivity contribution in [2.75, 3.05) is 19.6 Å². The molecule has 4 rings (SSSR count). The largest absolute Gasteiger partial charge is 0.445 e. The van der Waals surface area contributed by atoms with Crippen LogP contribution in [0.1, 0.15) is 79.1 Å². The number of terminal acetylenes is 2. The highest BCUT2D eigenvalue weighted by Gasteiger charge is 2.67. The number of esters is 1. The van der Waals surface area contributed by atoms with Crippen molar-refractivity contribution in [3.8, 4) is 24.7 Å². The first-order chi connectivity index (χ1) is 15.1. The van der Waals surface area contributed by atoms with Gasteiger partial charge in [-0.1, -0.05) is 39.5 Å². The summed E-state index contributed by atoms with van der Waals surface area (Å²) >= 11 is 0. The smallest absolute Gasteiger partial charge is 0.321 e. The fourth-order valence-corrected chi connectivity index (χ4v) is 8.58. The van der Waals surface area contributed by atoms with Gasteiger partial charge in [0.05, 0.1) is 6.54 Å². The minimum Gasteiger partial charge on any atom is -0.445 e. The van der Waals surface area contributed by atoms with Gasteiger partial charge < -0.3 is 9.84 Å². The Bertz CT molecular complexity index is 837. The third-order valence-corrected chi connectivity index (χ3v) is 10.5. The number of likely N-dealkylation sites (N-methyl/N-ethyl adjacent to an activating group) is 1. The SMILES string of the molecule is C#C[C@@]1(OC(=O)CN(CC)CC)C[C@@H]2CC[C@@H]3[C@H](CC[C@@]4(C)[C@H]3CC[C@@]4(O)C#C)[C@@]2(C)C1. The molecule has 4 heteroatoms. The zero-order valence-electron chi connectivity index (χ0n) is 20.5. The Hall–Kier alpha value is -1.49. The average molecular weight is 440 g/mol. The lowest BCUT2D eigenvalue weighted by Crippen LogP contribution is -2.54. The molecule has 4 aliphatic rings. The van der Waals surface area contributed by atoms with Crippen LogP contribution in [0.4, 0.5) is 0 Å². The van der Waals surface area contributed by atoms with Gasteiger partial charge in [-0.2, -0.15) is 0 Å². The summed E-state index contributed by atoms with van der Waals surface area (Å²) in [5.74, 6) is 7.58. The maximum Gasteiger partial charge on any atom is 0.321 e. The lowest BCUT2D eigenvalue weighted by molar-refractivity contribution is -0.156. The van der Waals surface area contributed by atoms with Crippen molar-refractivity contribution in [1.29, 1.82) is 0 Å². The minimum absolute atomic E-state index is 0.0724. The maximum atomic E-state index is 12.8. The predicted molar refractivity (Wildman–Crippen MR) is 126 cm³/mol. The van der Waals surface area contributed by atoms with E-state index in [4.69, 9.17) is 17.6 Å². The van der Waals surface area contributed by atoms with E-state index in [-0.39, 0.29) is 16.8 Å². The van der Waals surface area contributed by atoms with E-state index in [9.17, 15) is 9.90 Å². The highest BCUT2D eigenvalue weighted by Crippen LogP contribution is 2.70. The Balaban J connectivity index is 1.55. The summed E-state index contributed by atoms with van der Waals surface area (Å²) in [6.45, 7) is 10.7. The number of carbonyl (C=O) groups is 1. The Morgan fingerprint density at radius 2 is 1.75 bits per heavy atom. The second-order valence-corrected chi connectivity index (χ2v) is 11.6. The predicted octanol–water partition coefficient (Wildman–Crippen LogP) is 4.26. The number of nitrogens with zero attached hydrogens (tertiary/aromatic N) is 1. The van der Waals surface area contributed by atoms with Gasteiger partial charge in [-0.3, -0.25) is 9.69 Å². The van der Waals surface area contributed by atoms with Gasteiger partial charge in [0.2, 0.25) is 0 Å². The normalized spacial score (nSPS) is 47.1. The van der Waals surface area contributed by atoms with Crippen molar-refractivity contribution in [2.24, 2.45) is 34.5 Å². The van der Waals surface area contributed by atoms with E-state index < -0.39 is 11.2 Å². The summed E-state index contributed by atoms with van der Waals surface area (Å²) in [5, 5.41) is 11.2. The highest BCUT2D eigenvalue weighted by atomic mass is 16.6. The molecule has 4 fully saturated rings. The van der Waals surface area contributed by atoms with E-state index in [1.165, 1.54) is 6.42 Å². The standard InChI is InChI=1S/C28H41NO3/c1-7-27(32-24(30)18-29(9-3)10-4)17-20-11-12-21-22(25(20,5)19-27)13-15-26(6)23(21)14-16-28(26,31)8-2/h1-2,20-23,31H,9-19H2,3-6H3/t20-,21+,22-,23-,25-,26-,27+,28-/m0/s1. The quantitative estimate of drug-likeness (QED) is 0.514. The van der Waals surface area contributed by atoms with E-state index in [0.717, 1.165) is 51.6 Å². The monoisotopic (exact) mass is 439 g/mol. The van der Waals surface area contributed by atoms with Crippen molar-refractivity contribution >= 4 is 5.97 Å². The molecule has 0 aromatic carbocycles. The molecule has 1 N–H and O–H groups in total. The molecular formula is C28H41NO3. The maximum absolute atomic E-state index is 12.8. The van der Waals surface area contributed by atoms with Crippen molar-refractivity contribution in [3.63, 3.8) is 0 Å². The van der Waals surface area contributed by atoms with E-state index in [1.807, 2.05) is 0 Å². The Labute approximate surface area is 194 Å². The van der Waals surface area contributed by atoms with Crippen molar-refractivity contribution in [1.82, 2.24) is 4.90 Å². The van der Waals surface area contributed by atoms with E-state index in [2.05, 4.69) is 44.4 Å². The third kappa shape index (κ3) is 3.33. The van der Waals surface area contributed by atoms with Gasteiger partial charge in [0.25, 0.3) is 0 Å². The topological polar surface area (TPSA) is 49.8 Å². The van der Waals surface area contributed by atoms with Crippen LogP contribution in [-0.2, 0) is 9.53 Å². The molecule has 0 spiro atoms. The summed E-state index contributed by atoms with van der Waals surface area (Å²) in [5.41, 5.74) is -1.87. The van der Waals surface area contributed by atoms with Crippen LogP contribution in [0.15, 0.2) is 0 Å². The molecule has 176 valence electrons. The Morgan fingerprint density at radius 1 is 1.06 bits per heavy atom. The molecule has 0 aliphatic heterocycles. The summed E-state index contributed by atoms with van der Waals surface area (Å²) in [7, 11) is 0. The summed E-state index contributed by atoms with van der Waals surface area (Å²) < 4.78 is 6.09. The highest BCUT2D eigenvalue weighted by molar-refractivity contribution is 5.72. The summed E-state index contributed by atoms with van der Waals surface area (Å²) in [6.07, 6.45) is 19.5. The average Bonchev–Trinajstić information content (AvgIpc) is 3.23. The van der Waals surface area contributed by atoms with Crippen LogP contribution < -0.4 is 0 Å². The Kier molecular flexibility index (Phi) is 5.97. The second-order valence-electron chi connectivity index (χ2n) is 11.6. The fraction of sp³-hybridized carbons (Fsp3) is 0.821. The second kappa shape index (κ2) is 8.07. The van der Waals surface area contributed by atoms with Gasteiger partial charge in [-0.05, 0) is 80.7 Å². The van der Waals surface area contributed by atoms with Gasteiger partial charge in [0.15, 0.2) is 5.60 Å². The first kappa shape index (κ1) is 23.7. The molecule has 0 bridgehead atoms. The molecule has 0 aromatic rings. The number of hydrogen-bond donors (Lipinski definition) is 1. The number of ether oxygens (including phenoxy) is 1. The summed E-state index contributed by atoms with van der Waals surface area (Å²) in [6, 6.07) is 0. The van der Waals surface area contributed by atoms with Gasteiger partial charge in [0, 0.05) is 18.3 Å². The van der Waals surface area contributed by atoms with Gasteiger partial charge >= 0.3 is 5.97 Å². The van der Waals surface area contributed by atoms with E-state index >= 15 is 0 Å². The number of aliphatic hydroxyl groups is 1. The van der Waals surface area contributed by atoms with Crippen LogP contribution in [0.5, 0.6) is 0 Å². The molecule has 0 radical (unpaired) electrons. The molecule has 0 saturated heterocycles. The minimum atomic E-state index is -0.974. The zero-order chi connectivity index (χ0) is 23.4. The van der Waals surface area contributed by atoms with Crippen LogP contribution in [0.25, 0.3) is 0 Å². The molecule has 4 aliphatic carbocycles. The first-order valence-corrected chi connectivity index (χ1v) is 12.7. The van der Waals surface area contributed by atoms with Gasteiger partial charge in [-0.15, -0.1) is 12.8 Å². The first-order valence-electron chi connectivity index (χ1n) is 12.7. The molecule has 0 heterocycles. The Morgan fingerprint density at radius 3 is 2.38 bits per heavy atom. The number of carbonyl (C=O) groups excluding carboxylic acids is 1. The van der Waals surface area contributed by atoms with Crippen LogP contribution in [-0.4, -0.2) is 46.8 Å². The van der Waals surface area contributed by atoms with Crippen LogP contribution >= 0.6 is 0 Å². The molecule has 0 unspecified atom stereocenters. The lowest BCUT2D eigenvalue weighted by atomic mass is 9.47. The van der Waals surface area contributed by atoms with Crippen molar-refractivity contribution < 1.29 is 14.6 Å². The molecule has 0 aromatic heterocycles. The molecule has 4 nitrogen and oxygen atoms in total. The van der Waals surface area contributed by atoms with Crippen LogP contribution in [0.3, 0.4) is 0 Å². The zero-order valence-corrected chi connectivity index (χ0v) is 20.5. The molecule has 8 atom stereocenters. The van der Waals surface area contributed by atoms with E-state index in [1.54, 1.807) is 0 Å². The lowest BCUT2D eigenvalue weighted by Gasteiger charge is -2.58. The van der Waals surface area contributed by atoms with Gasteiger partial charge in [0.1, 0.15) is 5.60 Å². The molecule has 4 saturated carbocycles. The molecule has 32 heavy (non-hydrogen) atoms. The number of fused-ring (bicyclic) bond motifs is 5. The molecule has 0 amide bonds. The van der Waals surface area contributed by atoms with Crippen LogP contribution in [0, 0.1) is 59.2 Å². The number of hydrogen-bond acceptors (Lipinski definition) is 4.